The minimum absolute atomic E-state index is 0.0484. The zero-order valence-electron chi connectivity index (χ0n) is 10.6. The predicted molar refractivity (Wildman–Crippen MR) is 76.6 cm³/mol. The van der Waals surface area contributed by atoms with Gasteiger partial charge < -0.3 is 10.8 Å². The van der Waals surface area contributed by atoms with Gasteiger partial charge in [-0.3, -0.25) is 0 Å². The number of nitrogens with one attached hydrogen (secondary N) is 1. The van der Waals surface area contributed by atoms with E-state index in [0.717, 1.165) is 25.7 Å². The molecule has 0 fully saturated rings. The quantitative estimate of drug-likeness (QED) is 0.504. The number of rotatable bonds is 8. The fraction of sp³-hybridized carbons (Fsp3) is 0.500. The Morgan fingerprint density at radius 3 is 2.53 bits per heavy atom. The third kappa shape index (κ3) is 5.36. The van der Waals surface area contributed by atoms with Gasteiger partial charge in [-0.15, -0.1) is 0 Å². The predicted octanol–water partition coefficient (Wildman–Crippen LogP) is 1.75. The van der Waals surface area contributed by atoms with Crippen molar-refractivity contribution in [3.05, 3.63) is 23.2 Å². The molecule has 0 bridgehead atoms. The van der Waals surface area contributed by atoms with E-state index in [1.807, 2.05) is 0 Å². The zero-order valence-corrected chi connectivity index (χ0v) is 12.2. The molecule has 0 saturated heterocycles. The Bertz CT molecular complexity index is 506. The van der Waals surface area contributed by atoms with Gasteiger partial charge >= 0.3 is 0 Å². The van der Waals surface area contributed by atoms with Crippen molar-refractivity contribution in [2.45, 2.75) is 30.6 Å². The summed E-state index contributed by atoms with van der Waals surface area (Å²) in [6.45, 7) is 0.531. The van der Waals surface area contributed by atoms with Crippen molar-refractivity contribution in [2.24, 2.45) is 0 Å². The van der Waals surface area contributed by atoms with E-state index in [1.165, 1.54) is 18.2 Å². The molecule has 0 saturated carbocycles. The molecule has 0 unspecified atom stereocenters. The molecule has 7 heteroatoms. The molecule has 0 aliphatic carbocycles. The Hall–Kier alpha value is -0.820. The van der Waals surface area contributed by atoms with Crippen molar-refractivity contribution >= 4 is 27.3 Å². The molecule has 1 aromatic rings. The van der Waals surface area contributed by atoms with E-state index in [0.29, 0.717) is 11.6 Å². The van der Waals surface area contributed by atoms with E-state index in [2.05, 4.69) is 4.72 Å². The average molecular weight is 307 g/mol. The lowest BCUT2D eigenvalue weighted by Crippen LogP contribution is -2.25. The van der Waals surface area contributed by atoms with Gasteiger partial charge in [0.15, 0.2) is 0 Å². The third-order valence-corrected chi connectivity index (χ3v) is 4.41. The van der Waals surface area contributed by atoms with Crippen LogP contribution in [0.5, 0.6) is 0 Å². The van der Waals surface area contributed by atoms with Crippen LogP contribution in [-0.2, 0) is 10.0 Å². The van der Waals surface area contributed by atoms with Crippen LogP contribution in [0.4, 0.5) is 5.69 Å². The Morgan fingerprint density at radius 2 is 1.89 bits per heavy atom. The molecule has 0 amide bonds. The monoisotopic (exact) mass is 306 g/mol. The normalized spacial score (nSPS) is 11.7. The van der Waals surface area contributed by atoms with Crippen molar-refractivity contribution in [1.29, 1.82) is 0 Å². The number of unbranched alkanes of at least 4 members (excludes halogenated alkanes) is 3. The maximum absolute atomic E-state index is 12.0. The summed E-state index contributed by atoms with van der Waals surface area (Å²) in [5.41, 5.74) is 5.79. The van der Waals surface area contributed by atoms with Crippen LogP contribution in [0.3, 0.4) is 0 Å². The molecule has 0 aromatic heterocycles. The summed E-state index contributed by atoms with van der Waals surface area (Å²) >= 11 is 5.73. The van der Waals surface area contributed by atoms with Crippen LogP contribution in [-0.4, -0.2) is 26.7 Å². The number of hydrogen-bond acceptors (Lipinski definition) is 4. The molecule has 1 rings (SSSR count). The fourth-order valence-electron chi connectivity index (χ4n) is 1.64. The zero-order chi connectivity index (χ0) is 14.3. The lowest BCUT2D eigenvalue weighted by atomic mass is 10.2. The highest BCUT2D eigenvalue weighted by molar-refractivity contribution is 7.89. The highest BCUT2D eigenvalue weighted by Crippen LogP contribution is 2.22. The highest BCUT2D eigenvalue weighted by Gasteiger charge is 2.16. The first-order chi connectivity index (χ1) is 8.97. The molecule has 0 radical (unpaired) electrons. The van der Waals surface area contributed by atoms with Gasteiger partial charge in [0.05, 0.1) is 5.69 Å². The SMILES string of the molecule is Nc1cc(Cl)ccc1S(=O)(=O)NCCCCCCO. The number of nitrogen functional groups attached to an aromatic ring is 1. The summed E-state index contributed by atoms with van der Waals surface area (Å²) in [7, 11) is -3.58. The second kappa shape index (κ2) is 7.69. The van der Waals surface area contributed by atoms with Crippen LogP contribution >= 0.6 is 11.6 Å². The molecule has 5 nitrogen and oxygen atoms in total. The number of aliphatic hydroxyl groups is 1. The summed E-state index contributed by atoms with van der Waals surface area (Å²) in [6.07, 6.45) is 3.24. The Kier molecular flexibility index (Phi) is 6.57. The summed E-state index contributed by atoms with van der Waals surface area (Å²) in [4.78, 5) is 0.0484. The standard InChI is InChI=1S/C12H19ClN2O3S/c13-10-5-6-12(11(14)9-10)19(17,18)15-7-3-1-2-4-8-16/h5-6,9,15-16H,1-4,7-8,14H2. The molecular formula is C12H19ClN2O3S. The van der Waals surface area contributed by atoms with Crippen LogP contribution < -0.4 is 10.5 Å². The van der Waals surface area contributed by atoms with Crippen LogP contribution in [0.2, 0.25) is 5.02 Å². The number of nitrogens with two attached hydrogens (primary N) is 1. The smallest absolute Gasteiger partial charge is 0.242 e. The molecule has 0 atom stereocenters. The number of sulfonamides is 1. The van der Waals surface area contributed by atoms with Gasteiger partial charge in [0.2, 0.25) is 10.0 Å². The van der Waals surface area contributed by atoms with E-state index in [1.54, 1.807) is 0 Å². The van der Waals surface area contributed by atoms with Crippen LogP contribution in [0.25, 0.3) is 0 Å². The van der Waals surface area contributed by atoms with Gasteiger partial charge in [-0.2, -0.15) is 0 Å². The van der Waals surface area contributed by atoms with E-state index in [9.17, 15) is 8.42 Å². The summed E-state index contributed by atoms with van der Waals surface area (Å²) < 4.78 is 26.5. The molecule has 0 spiro atoms. The molecular weight excluding hydrogens is 288 g/mol. The van der Waals surface area contributed by atoms with Crippen LogP contribution in [0.15, 0.2) is 23.1 Å². The fourth-order valence-corrected chi connectivity index (χ4v) is 3.00. The molecule has 0 aliphatic heterocycles. The molecule has 4 N–H and O–H groups in total. The van der Waals surface area contributed by atoms with Gasteiger partial charge in [0, 0.05) is 18.2 Å². The summed E-state index contributed by atoms with van der Waals surface area (Å²) in [5.74, 6) is 0. The number of benzene rings is 1. The Labute approximate surface area is 118 Å². The van der Waals surface area contributed by atoms with Crippen LogP contribution in [0, 0.1) is 0 Å². The second-order valence-corrected chi connectivity index (χ2v) is 6.39. The lowest BCUT2D eigenvalue weighted by Gasteiger charge is -2.09. The van der Waals surface area contributed by atoms with Crippen molar-refractivity contribution < 1.29 is 13.5 Å². The van der Waals surface area contributed by atoms with Crippen LogP contribution in [0.1, 0.15) is 25.7 Å². The number of aliphatic hydroxyl groups excluding tert-OH is 1. The van der Waals surface area contributed by atoms with Gasteiger partial charge in [-0.05, 0) is 31.0 Å². The number of hydrogen-bond donors (Lipinski definition) is 3. The maximum atomic E-state index is 12.0. The largest absolute Gasteiger partial charge is 0.398 e. The molecule has 1 aromatic carbocycles. The van der Waals surface area contributed by atoms with E-state index in [4.69, 9.17) is 22.4 Å². The highest BCUT2D eigenvalue weighted by atomic mass is 35.5. The van der Waals surface area contributed by atoms with Gasteiger partial charge in [0.25, 0.3) is 0 Å². The Morgan fingerprint density at radius 1 is 1.21 bits per heavy atom. The van der Waals surface area contributed by atoms with E-state index >= 15 is 0 Å². The average Bonchev–Trinajstić information content (AvgIpc) is 2.33. The van der Waals surface area contributed by atoms with Crippen molar-refractivity contribution in [3.8, 4) is 0 Å². The minimum atomic E-state index is -3.58. The Balaban J connectivity index is 2.52. The summed E-state index contributed by atoms with van der Waals surface area (Å²) in [6, 6.07) is 4.30. The van der Waals surface area contributed by atoms with E-state index < -0.39 is 10.0 Å². The topological polar surface area (TPSA) is 92.4 Å². The number of anilines is 1. The van der Waals surface area contributed by atoms with Crippen molar-refractivity contribution in [1.82, 2.24) is 4.72 Å². The molecule has 0 aliphatic rings. The first kappa shape index (κ1) is 16.2. The maximum Gasteiger partial charge on any atom is 0.242 e. The van der Waals surface area contributed by atoms with E-state index in [-0.39, 0.29) is 17.2 Å². The van der Waals surface area contributed by atoms with Gasteiger partial charge in [-0.25, -0.2) is 13.1 Å². The third-order valence-electron chi connectivity index (χ3n) is 2.64. The first-order valence-electron chi connectivity index (χ1n) is 6.13. The molecule has 19 heavy (non-hydrogen) atoms. The lowest BCUT2D eigenvalue weighted by molar-refractivity contribution is 0.282. The molecule has 0 heterocycles. The van der Waals surface area contributed by atoms with Crippen molar-refractivity contribution in [3.63, 3.8) is 0 Å². The van der Waals surface area contributed by atoms with Crippen molar-refractivity contribution in [2.75, 3.05) is 18.9 Å². The number of halogens is 1. The summed E-state index contributed by atoms with van der Waals surface area (Å²) in [5, 5.41) is 9.02. The second-order valence-electron chi connectivity index (χ2n) is 4.22. The minimum Gasteiger partial charge on any atom is -0.398 e. The molecule has 108 valence electrons. The van der Waals surface area contributed by atoms with Gasteiger partial charge in [-0.1, -0.05) is 24.4 Å². The first-order valence-corrected chi connectivity index (χ1v) is 7.99. The van der Waals surface area contributed by atoms with Gasteiger partial charge in [0.1, 0.15) is 4.90 Å².